The number of hydrogen-bond donors (Lipinski definition) is 1. The molecule has 0 unspecified atom stereocenters. The molecule has 140 valence electrons. The van der Waals surface area contributed by atoms with Crippen molar-refractivity contribution in [2.75, 3.05) is 11.9 Å². The molecule has 1 aromatic carbocycles. The standard InChI is InChI=1S/C20H21N3O3S/c1-3-16-11-17(20(25)26-4-2)19(27-16)22-18(24)10-14-12-21-23(13-14)15-8-6-5-7-9-15/h5-9,11-13H,3-4,10H2,1-2H3,(H,22,24). The molecule has 0 aliphatic heterocycles. The first-order valence-electron chi connectivity index (χ1n) is 8.79. The van der Waals surface area contributed by atoms with E-state index >= 15 is 0 Å². The molecule has 0 atom stereocenters. The Bertz CT molecular complexity index is 931. The number of carbonyl (C=O) groups is 2. The molecule has 0 aliphatic rings. The molecule has 3 aromatic rings. The number of thiophene rings is 1. The van der Waals surface area contributed by atoms with Crippen molar-refractivity contribution in [3.63, 3.8) is 0 Å². The number of para-hydroxylation sites is 1. The van der Waals surface area contributed by atoms with Crippen LogP contribution in [0.4, 0.5) is 5.00 Å². The molecule has 6 nitrogen and oxygen atoms in total. The van der Waals surface area contributed by atoms with Gasteiger partial charge in [0, 0.05) is 11.1 Å². The van der Waals surface area contributed by atoms with E-state index in [1.54, 1.807) is 23.9 Å². The van der Waals surface area contributed by atoms with Gasteiger partial charge in [0.1, 0.15) is 5.00 Å². The lowest BCUT2D eigenvalue weighted by molar-refractivity contribution is -0.115. The fourth-order valence-electron chi connectivity index (χ4n) is 2.60. The van der Waals surface area contributed by atoms with Crippen molar-refractivity contribution in [2.24, 2.45) is 0 Å². The number of anilines is 1. The maximum absolute atomic E-state index is 12.5. The van der Waals surface area contributed by atoms with E-state index in [0.29, 0.717) is 17.2 Å². The van der Waals surface area contributed by atoms with Crippen LogP contribution >= 0.6 is 11.3 Å². The first-order chi connectivity index (χ1) is 13.1. The molecule has 0 saturated carbocycles. The molecule has 0 radical (unpaired) electrons. The van der Waals surface area contributed by atoms with Gasteiger partial charge in [-0.3, -0.25) is 4.79 Å². The Labute approximate surface area is 161 Å². The third-order valence-electron chi connectivity index (χ3n) is 3.90. The van der Waals surface area contributed by atoms with Crippen molar-refractivity contribution in [3.8, 4) is 5.69 Å². The highest BCUT2D eigenvalue weighted by Gasteiger charge is 2.19. The summed E-state index contributed by atoms with van der Waals surface area (Å²) in [7, 11) is 0. The fourth-order valence-corrected chi connectivity index (χ4v) is 3.60. The normalized spacial score (nSPS) is 10.6. The van der Waals surface area contributed by atoms with Crippen LogP contribution < -0.4 is 5.32 Å². The largest absolute Gasteiger partial charge is 0.462 e. The van der Waals surface area contributed by atoms with Crippen LogP contribution in [0.2, 0.25) is 0 Å². The van der Waals surface area contributed by atoms with E-state index in [2.05, 4.69) is 10.4 Å². The molecular weight excluding hydrogens is 362 g/mol. The van der Waals surface area contributed by atoms with E-state index in [0.717, 1.165) is 22.5 Å². The number of nitrogens with zero attached hydrogens (tertiary/aromatic N) is 2. The lowest BCUT2D eigenvalue weighted by Gasteiger charge is -2.05. The summed E-state index contributed by atoms with van der Waals surface area (Å²) in [4.78, 5) is 25.6. The number of rotatable bonds is 7. The average Bonchev–Trinajstić information content (AvgIpc) is 3.29. The SMILES string of the molecule is CCOC(=O)c1cc(CC)sc1NC(=O)Cc1cnn(-c2ccccc2)c1. The first-order valence-corrected chi connectivity index (χ1v) is 9.61. The minimum atomic E-state index is -0.416. The van der Waals surface area contributed by atoms with Crippen molar-refractivity contribution in [2.45, 2.75) is 26.7 Å². The van der Waals surface area contributed by atoms with Crippen molar-refractivity contribution >= 4 is 28.2 Å². The summed E-state index contributed by atoms with van der Waals surface area (Å²) in [5.41, 5.74) is 2.13. The summed E-state index contributed by atoms with van der Waals surface area (Å²) in [6.07, 6.45) is 4.46. The van der Waals surface area contributed by atoms with Crippen LogP contribution in [0.15, 0.2) is 48.8 Å². The minimum Gasteiger partial charge on any atom is -0.462 e. The van der Waals surface area contributed by atoms with Gasteiger partial charge in [0.05, 0.1) is 30.5 Å². The van der Waals surface area contributed by atoms with Crippen LogP contribution in [0.25, 0.3) is 5.69 Å². The number of esters is 1. The van der Waals surface area contributed by atoms with Crippen LogP contribution in [0, 0.1) is 0 Å². The molecule has 0 saturated heterocycles. The summed E-state index contributed by atoms with van der Waals surface area (Å²) in [6.45, 7) is 4.06. The zero-order chi connectivity index (χ0) is 19.2. The van der Waals surface area contributed by atoms with Crippen LogP contribution in [-0.2, 0) is 22.4 Å². The number of nitrogens with one attached hydrogen (secondary N) is 1. The number of amides is 1. The molecule has 0 spiro atoms. The van der Waals surface area contributed by atoms with Crippen molar-refractivity contribution < 1.29 is 14.3 Å². The predicted octanol–water partition coefficient (Wildman–Crippen LogP) is 3.85. The summed E-state index contributed by atoms with van der Waals surface area (Å²) in [5.74, 6) is -0.613. The topological polar surface area (TPSA) is 73.2 Å². The van der Waals surface area contributed by atoms with Gasteiger partial charge >= 0.3 is 5.97 Å². The Morgan fingerprint density at radius 3 is 2.70 bits per heavy atom. The summed E-state index contributed by atoms with van der Waals surface area (Å²) < 4.78 is 6.81. The second kappa shape index (κ2) is 8.64. The fraction of sp³-hybridized carbons (Fsp3) is 0.250. The lowest BCUT2D eigenvalue weighted by Crippen LogP contribution is -2.16. The highest BCUT2D eigenvalue weighted by atomic mass is 32.1. The highest BCUT2D eigenvalue weighted by molar-refractivity contribution is 7.16. The number of aromatic nitrogens is 2. The van der Waals surface area contributed by atoms with E-state index in [9.17, 15) is 9.59 Å². The van der Waals surface area contributed by atoms with Gasteiger partial charge in [-0.2, -0.15) is 5.10 Å². The Hall–Kier alpha value is -2.93. The highest BCUT2D eigenvalue weighted by Crippen LogP contribution is 2.29. The molecule has 0 aliphatic carbocycles. The summed E-state index contributed by atoms with van der Waals surface area (Å²) in [6, 6.07) is 11.5. The Balaban J connectivity index is 1.70. The number of carbonyl (C=O) groups excluding carboxylic acids is 2. The maximum atomic E-state index is 12.5. The molecule has 27 heavy (non-hydrogen) atoms. The molecule has 2 aromatic heterocycles. The molecule has 1 N–H and O–H groups in total. The molecule has 3 rings (SSSR count). The van der Waals surface area contributed by atoms with Gasteiger partial charge in [-0.15, -0.1) is 11.3 Å². The Morgan fingerprint density at radius 1 is 1.22 bits per heavy atom. The average molecular weight is 383 g/mol. The number of aryl methyl sites for hydroxylation is 1. The predicted molar refractivity (Wildman–Crippen MR) is 106 cm³/mol. The number of ether oxygens (including phenoxy) is 1. The Morgan fingerprint density at radius 2 is 2.00 bits per heavy atom. The Kier molecular flexibility index (Phi) is 6.03. The summed E-state index contributed by atoms with van der Waals surface area (Å²) in [5, 5.41) is 7.68. The third kappa shape index (κ3) is 4.62. The quantitative estimate of drug-likeness (QED) is 0.629. The van der Waals surface area contributed by atoms with Crippen LogP contribution in [0.3, 0.4) is 0 Å². The molecule has 1 amide bonds. The second-order valence-electron chi connectivity index (χ2n) is 5.88. The third-order valence-corrected chi connectivity index (χ3v) is 5.10. The van der Waals surface area contributed by atoms with Crippen LogP contribution in [0.5, 0.6) is 0 Å². The maximum Gasteiger partial charge on any atom is 0.341 e. The van der Waals surface area contributed by atoms with E-state index in [-0.39, 0.29) is 12.3 Å². The van der Waals surface area contributed by atoms with Gasteiger partial charge in [0.15, 0.2) is 0 Å². The number of benzene rings is 1. The molecule has 0 bridgehead atoms. The van der Waals surface area contributed by atoms with Gasteiger partial charge in [-0.25, -0.2) is 9.48 Å². The second-order valence-corrected chi connectivity index (χ2v) is 7.02. The number of hydrogen-bond acceptors (Lipinski definition) is 5. The zero-order valence-corrected chi connectivity index (χ0v) is 16.1. The van der Waals surface area contributed by atoms with E-state index in [1.807, 2.05) is 43.5 Å². The lowest BCUT2D eigenvalue weighted by atomic mass is 10.2. The van der Waals surface area contributed by atoms with Gasteiger partial charge in [0.25, 0.3) is 0 Å². The van der Waals surface area contributed by atoms with Gasteiger partial charge < -0.3 is 10.1 Å². The van der Waals surface area contributed by atoms with Crippen LogP contribution in [-0.4, -0.2) is 28.3 Å². The minimum absolute atomic E-state index is 0.175. The molecule has 2 heterocycles. The van der Waals surface area contributed by atoms with Crippen molar-refractivity contribution in [1.82, 2.24) is 9.78 Å². The molecular formula is C20H21N3O3S. The van der Waals surface area contributed by atoms with Crippen molar-refractivity contribution in [1.29, 1.82) is 0 Å². The van der Waals surface area contributed by atoms with Gasteiger partial charge in [0.2, 0.25) is 5.91 Å². The van der Waals surface area contributed by atoms with E-state index in [1.165, 1.54) is 11.3 Å². The summed E-state index contributed by atoms with van der Waals surface area (Å²) >= 11 is 1.40. The smallest absolute Gasteiger partial charge is 0.341 e. The zero-order valence-electron chi connectivity index (χ0n) is 15.3. The van der Waals surface area contributed by atoms with E-state index in [4.69, 9.17) is 4.74 Å². The van der Waals surface area contributed by atoms with E-state index < -0.39 is 5.97 Å². The monoisotopic (exact) mass is 383 g/mol. The molecule has 7 heteroatoms. The van der Waals surface area contributed by atoms with Crippen LogP contribution in [0.1, 0.15) is 34.6 Å². The van der Waals surface area contributed by atoms with Crippen molar-refractivity contribution in [3.05, 3.63) is 64.8 Å². The van der Waals surface area contributed by atoms with Gasteiger partial charge in [-0.05, 0) is 37.1 Å². The molecule has 0 fully saturated rings. The van der Waals surface area contributed by atoms with Gasteiger partial charge in [-0.1, -0.05) is 25.1 Å². The first kappa shape index (κ1) is 18.8.